The molecule has 0 spiro atoms. The number of aliphatic hydroxyl groups is 2. The fourth-order valence-electron chi connectivity index (χ4n) is 0.407. The summed E-state index contributed by atoms with van der Waals surface area (Å²) in [6, 6.07) is 0. The molecule has 54 valence electrons. The van der Waals surface area contributed by atoms with E-state index in [2.05, 4.69) is 4.74 Å². The van der Waals surface area contributed by atoms with Crippen LogP contribution in [0.2, 0.25) is 0 Å². The maximum absolute atomic E-state index is 9.94. The molecule has 0 radical (unpaired) electrons. The summed E-state index contributed by atoms with van der Waals surface area (Å²) < 4.78 is 4.47. The molecule has 9 heavy (non-hydrogen) atoms. The Balaban J connectivity index is 3.63. The van der Waals surface area contributed by atoms with Gasteiger partial charge in [0.25, 0.3) is 0 Å². The van der Waals surface area contributed by atoms with E-state index in [1.807, 2.05) is 0 Å². The van der Waals surface area contributed by atoms with Crippen molar-refractivity contribution in [3.63, 3.8) is 0 Å². The van der Waals surface area contributed by atoms with Gasteiger partial charge in [0.05, 0.1) is 6.61 Å². The van der Waals surface area contributed by atoms with E-state index in [4.69, 9.17) is 10.2 Å². The van der Waals surface area contributed by atoms with Crippen LogP contribution in [-0.2, 0) is 9.53 Å². The van der Waals surface area contributed by atoms with Gasteiger partial charge in [-0.05, 0) is 0 Å². The Labute approximate surface area is 53.1 Å². The second kappa shape index (κ2) is 4.43. The highest BCUT2D eigenvalue weighted by Crippen LogP contribution is 1.92. The minimum atomic E-state index is -1.10. The number of aldehydes is 1. The van der Waals surface area contributed by atoms with Gasteiger partial charge in [0, 0.05) is 7.11 Å². The highest BCUT2D eigenvalue weighted by molar-refractivity contribution is 5.56. The third-order valence-electron chi connectivity index (χ3n) is 0.973. The summed E-state index contributed by atoms with van der Waals surface area (Å²) in [4.78, 5) is 9.94. The molecule has 0 heterocycles. The van der Waals surface area contributed by atoms with Crippen molar-refractivity contribution in [1.82, 2.24) is 0 Å². The Hall–Kier alpha value is -0.450. The monoisotopic (exact) mass is 134 g/mol. The zero-order valence-electron chi connectivity index (χ0n) is 5.15. The predicted molar refractivity (Wildman–Crippen MR) is 30.0 cm³/mol. The van der Waals surface area contributed by atoms with Crippen LogP contribution in [-0.4, -0.2) is 42.4 Å². The third-order valence-corrected chi connectivity index (χ3v) is 0.973. The highest BCUT2D eigenvalue weighted by Gasteiger charge is 2.15. The summed E-state index contributed by atoms with van der Waals surface area (Å²) in [5.41, 5.74) is 0. The predicted octanol–water partition coefficient (Wildman–Crippen LogP) is -1.45. The molecule has 0 aliphatic carbocycles. The number of hydrogen-bond donors (Lipinski definition) is 2. The van der Waals surface area contributed by atoms with E-state index >= 15 is 0 Å². The van der Waals surface area contributed by atoms with E-state index in [9.17, 15) is 4.79 Å². The lowest BCUT2D eigenvalue weighted by Gasteiger charge is -2.12. The molecule has 0 aromatic heterocycles. The number of methoxy groups -OCH3 is 1. The van der Waals surface area contributed by atoms with Gasteiger partial charge in [-0.25, -0.2) is 0 Å². The smallest absolute Gasteiger partial charge is 0.151 e. The molecule has 0 fully saturated rings. The first kappa shape index (κ1) is 8.55. The van der Waals surface area contributed by atoms with Crippen molar-refractivity contribution in [2.24, 2.45) is 0 Å². The maximum Gasteiger partial charge on any atom is 0.151 e. The second-order valence-corrected chi connectivity index (χ2v) is 1.59. The largest absolute Gasteiger partial charge is 0.394 e. The number of carbonyl (C=O) groups is 1. The first-order chi connectivity index (χ1) is 4.26. The van der Waals surface area contributed by atoms with Gasteiger partial charge in [-0.3, -0.25) is 0 Å². The standard InChI is InChI=1S/C5H10O4/c1-9-5(3-7)4(8)2-6/h3-6,8H,2H2,1H3/t4-,5-/m0/s1. The van der Waals surface area contributed by atoms with E-state index in [1.165, 1.54) is 7.11 Å². The van der Waals surface area contributed by atoms with Crippen molar-refractivity contribution in [3.05, 3.63) is 0 Å². The first-order valence-electron chi connectivity index (χ1n) is 2.53. The second-order valence-electron chi connectivity index (χ2n) is 1.59. The first-order valence-corrected chi connectivity index (χ1v) is 2.53. The van der Waals surface area contributed by atoms with Crippen LogP contribution in [0.4, 0.5) is 0 Å². The lowest BCUT2D eigenvalue weighted by atomic mass is 10.2. The number of hydrogen-bond acceptors (Lipinski definition) is 4. The molecule has 0 rings (SSSR count). The molecule has 0 aromatic rings. The zero-order chi connectivity index (χ0) is 7.28. The van der Waals surface area contributed by atoms with E-state index in [0.717, 1.165) is 0 Å². The lowest BCUT2D eigenvalue weighted by molar-refractivity contribution is -0.124. The van der Waals surface area contributed by atoms with Crippen molar-refractivity contribution in [2.75, 3.05) is 13.7 Å². The average molecular weight is 134 g/mol. The van der Waals surface area contributed by atoms with Gasteiger partial charge in [-0.1, -0.05) is 0 Å². The molecule has 4 nitrogen and oxygen atoms in total. The van der Waals surface area contributed by atoms with Crippen LogP contribution in [0.15, 0.2) is 0 Å². The quantitative estimate of drug-likeness (QED) is 0.462. The molecule has 2 N–H and O–H groups in total. The molecule has 0 aromatic carbocycles. The Morgan fingerprint density at radius 2 is 2.33 bits per heavy atom. The third kappa shape index (κ3) is 2.55. The normalized spacial score (nSPS) is 16.8. The SMILES string of the molecule is CO[C@@H](C=O)[C@@H](O)CO. The van der Waals surface area contributed by atoms with Crippen LogP contribution in [0.25, 0.3) is 0 Å². The molecule has 4 heteroatoms. The molecular formula is C5H10O4. The van der Waals surface area contributed by atoms with Crippen LogP contribution in [0.3, 0.4) is 0 Å². The lowest BCUT2D eigenvalue weighted by Crippen LogP contribution is -2.32. The topological polar surface area (TPSA) is 66.8 Å². The molecule has 0 saturated heterocycles. The van der Waals surface area contributed by atoms with E-state index < -0.39 is 18.8 Å². The molecule has 2 atom stereocenters. The van der Waals surface area contributed by atoms with Gasteiger partial charge in [0.15, 0.2) is 6.29 Å². The van der Waals surface area contributed by atoms with Gasteiger partial charge in [-0.2, -0.15) is 0 Å². The number of ether oxygens (including phenoxy) is 1. The molecule has 0 amide bonds. The van der Waals surface area contributed by atoms with E-state index in [1.54, 1.807) is 0 Å². The Morgan fingerprint density at radius 1 is 1.78 bits per heavy atom. The minimum absolute atomic E-state index is 0.445. The van der Waals surface area contributed by atoms with Gasteiger partial charge in [-0.15, -0.1) is 0 Å². The number of rotatable bonds is 4. The summed E-state index contributed by atoms with van der Waals surface area (Å²) >= 11 is 0. The maximum atomic E-state index is 9.94. The number of aliphatic hydroxyl groups excluding tert-OH is 2. The Bertz CT molecular complexity index is 83.0. The van der Waals surface area contributed by atoms with Gasteiger partial charge < -0.3 is 19.7 Å². The zero-order valence-corrected chi connectivity index (χ0v) is 5.15. The van der Waals surface area contributed by atoms with E-state index in [-0.39, 0.29) is 0 Å². The van der Waals surface area contributed by atoms with Crippen molar-refractivity contribution < 1.29 is 19.7 Å². The van der Waals surface area contributed by atoms with Crippen molar-refractivity contribution in [3.8, 4) is 0 Å². The van der Waals surface area contributed by atoms with Gasteiger partial charge in [0.2, 0.25) is 0 Å². The number of carbonyl (C=O) groups excluding carboxylic acids is 1. The van der Waals surface area contributed by atoms with Crippen LogP contribution < -0.4 is 0 Å². The van der Waals surface area contributed by atoms with Crippen LogP contribution >= 0.6 is 0 Å². The summed E-state index contributed by atoms with van der Waals surface area (Å²) in [7, 11) is 1.29. The molecular weight excluding hydrogens is 124 g/mol. The highest BCUT2D eigenvalue weighted by atomic mass is 16.5. The Morgan fingerprint density at radius 3 is 2.44 bits per heavy atom. The minimum Gasteiger partial charge on any atom is -0.394 e. The summed E-state index contributed by atoms with van der Waals surface area (Å²) in [5.74, 6) is 0. The Kier molecular flexibility index (Phi) is 4.21. The average Bonchev–Trinajstić information content (AvgIpc) is 1.90. The fraction of sp³-hybridized carbons (Fsp3) is 0.800. The molecule has 0 unspecified atom stereocenters. The van der Waals surface area contributed by atoms with E-state index in [0.29, 0.717) is 6.29 Å². The van der Waals surface area contributed by atoms with Crippen molar-refractivity contribution >= 4 is 6.29 Å². The van der Waals surface area contributed by atoms with Crippen LogP contribution in [0, 0.1) is 0 Å². The summed E-state index contributed by atoms with van der Waals surface area (Å²) in [6.45, 7) is -0.461. The van der Waals surface area contributed by atoms with Crippen molar-refractivity contribution in [1.29, 1.82) is 0 Å². The van der Waals surface area contributed by atoms with Gasteiger partial charge >= 0.3 is 0 Å². The summed E-state index contributed by atoms with van der Waals surface area (Å²) in [6.07, 6.45) is -1.57. The van der Waals surface area contributed by atoms with Crippen LogP contribution in [0.1, 0.15) is 0 Å². The molecule has 0 aliphatic rings. The van der Waals surface area contributed by atoms with Gasteiger partial charge in [0.1, 0.15) is 12.2 Å². The van der Waals surface area contributed by atoms with Crippen molar-refractivity contribution in [2.45, 2.75) is 12.2 Å². The summed E-state index contributed by atoms with van der Waals surface area (Å²) in [5, 5.41) is 17.0. The molecule has 0 bridgehead atoms. The molecule has 0 saturated carbocycles. The van der Waals surface area contributed by atoms with Crippen LogP contribution in [0.5, 0.6) is 0 Å². The molecule has 0 aliphatic heterocycles. The fourth-order valence-corrected chi connectivity index (χ4v) is 0.407.